The van der Waals surface area contributed by atoms with Gasteiger partial charge in [-0.25, -0.2) is 0 Å². The van der Waals surface area contributed by atoms with Crippen molar-refractivity contribution in [3.05, 3.63) is 28.2 Å². The fourth-order valence-corrected chi connectivity index (χ4v) is 1.89. The molecule has 2 nitrogen and oxygen atoms in total. The lowest BCUT2D eigenvalue weighted by atomic mass is 9.83. The van der Waals surface area contributed by atoms with Crippen LogP contribution in [0.4, 0.5) is 0 Å². The fraction of sp³-hybridized carbons (Fsp3) is 0.538. The topological polar surface area (TPSA) is 35.2 Å². The summed E-state index contributed by atoms with van der Waals surface area (Å²) < 4.78 is 6.64. The smallest absolute Gasteiger partial charge is 0.124 e. The molecule has 0 aromatic heterocycles. The third-order valence-electron chi connectivity index (χ3n) is 2.54. The second-order valence-corrected chi connectivity index (χ2v) is 5.87. The standard InChI is InChI=1S/C13H20BrNO.ClH/c1-5-16-11-7-6-9(14)8-10(11)12(15)13(2,3)4;/h6-8,12H,5,15H2,1-4H3;1H/t12-;/m0./s1. The Balaban J connectivity index is 0.00000256. The van der Waals surface area contributed by atoms with Crippen LogP contribution >= 0.6 is 28.3 Å². The molecule has 17 heavy (non-hydrogen) atoms. The Labute approximate surface area is 118 Å². The van der Waals surface area contributed by atoms with Gasteiger partial charge in [-0.15, -0.1) is 12.4 Å². The van der Waals surface area contributed by atoms with Gasteiger partial charge in [0.25, 0.3) is 0 Å². The summed E-state index contributed by atoms with van der Waals surface area (Å²) in [4.78, 5) is 0. The molecule has 0 heterocycles. The number of ether oxygens (including phenoxy) is 1. The van der Waals surface area contributed by atoms with E-state index < -0.39 is 0 Å². The third-order valence-corrected chi connectivity index (χ3v) is 3.03. The summed E-state index contributed by atoms with van der Waals surface area (Å²) in [6, 6.07) is 5.95. The van der Waals surface area contributed by atoms with E-state index in [0.29, 0.717) is 6.61 Å². The molecule has 2 N–H and O–H groups in total. The highest BCUT2D eigenvalue weighted by Crippen LogP contribution is 2.36. The maximum atomic E-state index is 6.27. The summed E-state index contributed by atoms with van der Waals surface area (Å²) in [7, 11) is 0. The van der Waals surface area contributed by atoms with Crippen LogP contribution in [0.5, 0.6) is 5.75 Å². The average molecular weight is 323 g/mol. The first kappa shape index (κ1) is 16.8. The highest BCUT2D eigenvalue weighted by atomic mass is 79.9. The van der Waals surface area contributed by atoms with E-state index in [1.165, 1.54) is 0 Å². The maximum Gasteiger partial charge on any atom is 0.124 e. The molecule has 0 unspecified atom stereocenters. The molecule has 1 aromatic rings. The minimum atomic E-state index is -0.0356. The predicted molar refractivity (Wildman–Crippen MR) is 78.9 cm³/mol. The fourth-order valence-electron chi connectivity index (χ4n) is 1.52. The van der Waals surface area contributed by atoms with Gasteiger partial charge in [-0.05, 0) is 30.5 Å². The van der Waals surface area contributed by atoms with E-state index >= 15 is 0 Å². The second kappa shape index (κ2) is 6.62. The first-order valence-corrected chi connectivity index (χ1v) is 6.33. The van der Waals surface area contributed by atoms with Crippen LogP contribution in [0, 0.1) is 5.41 Å². The van der Waals surface area contributed by atoms with Crippen LogP contribution in [-0.4, -0.2) is 6.61 Å². The van der Waals surface area contributed by atoms with Crippen molar-refractivity contribution >= 4 is 28.3 Å². The molecule has 1 atom stereocenters. The first-order valence-electron chi connectivity index (χ1n) is 5.54. The first-order chi connectivity index (χ1) is 7.36. The van der Waals surface area contributed by atoms with Gasteiger partial charge in [0, 0.05) is 16.1 Å². The van der Waals surface area contributed by atoms with E-state index in [9.17, 15) is 0 Å². The van der Waals surface area contributed by atoms with Gasteiger partial charge in [0.15, 0.2) is 0 Å². The summed E-state index contributed by atoms with van der Waals surface area (Å²) in [6.45, 7) is 9.04. The van der Waals surface area contributed by atoms with Crippen LogP contribution in [0.25, 0.3) is 0 Å². The van der Waals surface area contributed by atoms with Gasteiger partial charge in [-0.1, -0.05) is 36.7 Å². The highest BCUT2D eigenvalue weighted by Gasteiger charge is 2.25. The van der Waals surface area contributed by atoms with Crippen molar-refractivity contribution in [3.63, 3.8) is 0 Å². The zero-order valence-corrected chi connectivity index (χ0v) is 13.2. The molecule has 0 saturated carbocycles. The van der Waals surface area contributed by atoms with Gasteiger partial charge < -0.3 is 10.5 Å². The van der Waals surface area contributed by atoms with Crippen LogP contribution in [0.1, 0.15) is 39.3 Å². The third kappa shape index (κ3) is 4.49. The zero-order valence-electron chi connectivity index (χ0n) is 10.8. The lowest BCUT2D eigenvalue weighted by Gasteiger charge is -2.29. The van der Waals surface area contributed by atoms with E-state index in [1.807, 2.05) is 25.1 Å². The molecule has 0 radical (unpaired) electrons. The van der Waals surface area contributed by atoms with E-state index in [1.54, 1.807) is 0 Å². The largest absolute Gasteiger partial charge is 0.494 e. The number of hydrogen-bond acceptors (Lipinski definition) is 2. The Bertz CT molecular complexity index is 363. The maximum absolute atomic E-state index is 6.27. The Kier molecular flexibility index (Phi) is 6.52. The van der Waals surface area contributed by atoms with Crippen LogP contribution in [-0.2, 0) is 0 Å². The molecule has 0 spiro atoms. The van der Waals surface area contributed by atoms with Gasteiger partial charge in [-0.3, -0.25) is 0 Å². The van der Waals surface area contributed by atoms with Crippen molar-refractivity contribution in [2.45, 2.75) is 33.7 Å². The molecule has 4 heteroatoms. The van der Waals surface area contributed by atoms with Crippen LogP contribution in [0.2, 0.25) is 0 Å². The summed E-state index contributed by atoms with van der Waals surface area (Å²) >= 11 is 3.47. The molecule has 0 aliphatic rings. The normalized spacial score (nSPS) is 12.8. The number of rotatable bonds is 3. The van der Waals surface area contributed by atoms with Gasteiger partial charge in [0.05, 0.1) is 6.61 Å². The quantitative estimate of drug-likeness (QED) is 0.899. The van der Waals surface area contributed by atoms with Crippen molar-refractivity contribution in [2.75, 3.05) is 6.61 Å². The molecule has 1 rings (SSSR count). The minimum Gasteiger partial charge on any atom is -0.494 e. The van der Waals surface area contributed by atoms with E-state index in [4.69, 9.17) is 10.5 Å². The van der Waals surface area contributed by atoms with Gasteiger partial charge in [-0.2, -0.15) is 0 Å². The molecule has 98 valence electrons. The minimum absolute atomic E-state index is 0. The summed E-state index contributed by atoms with van der Waals surface area (Å²) in [5.41, 5.74) is 7.35. The lowest BCUT2D eigenvalue weighted by molar-refractivity contribution is 0.298. The number of halogens is 2. The van der Waals surface area contributed by atoms with Crippen molar-refractivity contribution < 1.29 is 4.74 Å². The Morgan fingerprint density at radius 2 is 1.94 bits per heavy atom. The molecule has 0 saturated heterocycles. The van der Waals surface area contributed by atoms with Crippen LogP contribution in [0.15, 0.2) is 22.7 Å². The molecule has 0 bridgehead atoms. The van der Waals surface area contributed by atoms with Crippen LogP contribution in [0.3, 0.4) is 0 Å². The molecule has 1 aromatic carbocycles. The highest BCUT2D eigenvalue weighted by molar-refractivity contribution is 9.10. The molecule has 0 fully saturated rings. The Hall–Kier alpha value is -0.250. The van der Waals surface area contributed by atoms with Crippen molar-refractivity contribution in [3.8, 4) is 5.75 Å². The van der Waals surface area contributed by atoms with Crippen molar-refractivity contribution in [1.82, 2.24) is 0 Å². The SMILES string of the molecule is CCOc1ccc(Br)cc1[C@H](N)C(C)(C)C.Cl. The number of benzene rings is 1. The molecule has 0 aliphatic heterocycles. The van der Waals surface area contributed by atoms with Crippen molar-refractivity contribution in [1.29, 1.82) is 0 Å². The van der Waals surface area contributed by atoms with Crippen LogP contribution < -0.4 is 10.5 Å². The molecule has 0 amide bonds. The number of hydrogen-bond donors (Lipinski definition) is 1. The monoisotopic (exact) mass is 321 g/mol. The summed E-state index contributed by atoms with van der Waals surface area (Å²) in [5.74, 6) is 0.883. The zero-order chi connectivity index (χ0) is 12.3. The summed E-state index contributed by atoms with van der Waals surface area (Å²) in [6.07, 6.45) is 0. The number of nitrogens with two attached hydrogens (primary N) is 1. The average Bonchev–Trinajstić information content (AvgIpc) is 2.18. The lowest BCUT2D eigenvalue weighted by Crippen LogP contribution is -2.26. The van der Waals surface area contributed by atoms with Crippen molar-refractivity contribution in [2.24, 2.45) is 11.1 Å². The van der Waals surface area contributed by atoms with E-state index in [-0.39, 0.29) is 23.9 Å². The molecule has 0 aliphatic carbocycles. The second-order valence-electron chi connectivity index (χ2n) is 4.96. The summed E-state index contributed by atoms with van der Waals surface area (Å²) in [5, 5.41) is 0. The van der Waals surface area contributed by atoms with E-state index in [2.05, 4.69) is 36.7 Å². The predicted octanol–water partition coefficient (Wildman–Crippen LogP) is 4.32. The van der Waals surface area contributed by atoms with Gasteiger partial charge in [0.1, 0.15) is 5.75 Å². The van der Waals surface area contributed by atoms with Gasteiger partial charge in [0.2, 0.25) is 0 Å². The Morgan fingerprint density at radius 1 is 1.35 bits per heavy atom. The van der Waals surface area contributed by atoms with E-state index in [0.717, 1.165) is 15.8 Å². The molecular weight excluding hydrogens is 302 g/mol. The molecular formula is C13H21BrClNO. The Morgan fingerprint density at radius 3 is 2.41 bits per heavy atom. The van der Waals surface area contributed by atoms with Gasteiger partial charge >= 0.3 is 0 Å².